The maximum atomic E-state index is 12.7. The maximum Gasteiger partial charge on any atom is 0.274 e. The molecule has 0 aliphatic carbocycles. The molecule has 0 aliphatic heterocycles. The number of nitrogens with one attached hydrogen (secondary N) is 1. The van der Waals surface area contributed by atoms with Gasteiger partial charge in [0.05, 0.1) is 27.9 Å². The van der Waals surface area contributed by atoms with E-state index in [2.05, 4.69) is 9.71 Å². The lowest BCUT2D eigenvalue weighted by molar-refractivity contribution is 0.0827. The standard InChI is InChI=1S/C17H17N3O4S2/c1-20(2)16(21)11-5-4-6-13(9-11)26(22,23)19-12-7-8-14-15(10-12)25-17(18-14)24-3/h4-10,19H,1-3H3. The van der Waals surface area contributed by atoms with Crippen molar-refractivity contribution in [3.63, 3.8) is 0 Å². The van der Waals surface area contributed by atoms with Gasteiger partial charge in [0, 0.05) is 19.7 Å². The number of thiazole rings is 1. The first-order chi connectivity index (χ1) is 12.3. The maximum absolute atomic E-state index is 12.7. The molecule has 2 aromatic carbocycles. The van der Waals surface area contributed by atoms with Gasteiger partial charge in [0.1, 0.15) is 0 Å². The minimum absolute atomic E-state index is 0.0205. The van der Waals surface area contributed by atoms with Crippen molar-refractivity contribution < 1.29 is 17.9 Å². The van der Waals surface area contributed by atoms with Crippen molar-refractivity contribution in [3.8, 4) is 5.19 Å². The number of anilines is 1. The highest BCUT2D eigenvalue weighted by Gasteiger charge is 2.18. The molecule has 0 atom stereocenters. The van der Waals surface area contributed by atoms with E-state index in [4.69, 9.17) is 4.74 Å². The molecule has 0 saturated heterocycles. The van der Waals surface area contributed by atoms with Crippen LogP contribution in [0.3, 0.4) is 0 Å². The van der Waals surface area contributed by atoms with Crippen molar-refractivity contribution in [2.24, 2.45) is 0 Å². The monoisotopic (exact) mass is 391 g/mol. The minimum Gasteiger partial charge on any atom is -0.473 e. The van der Waals surface area contributed by atoms with Crippen LogP contribution < -0.4 is 9.46 Å². The Labute approximate surface area is 155 Å². The Morgan fingerprint density at radius 1 is 1.19 bits per heavy atom. The van der Waals surface area contributed by atoms with Gasteiger partial charge in [-0.05, 0) is 36.4 Å². The highest BCUT2D eigenvalue weighted by molar-refractivity contribution is 7.92. The average molecular weight is 391 g/mol. The number of carbonyl (C=O) groups excluding carboxylic acids is 1. The molecule has 1 aromatic heterocycles. The molecule has 1 amide bonds. The van der Waals surface area contributed by atoms with Gasteiger partial charge in [-0.1, -0.05) is 17.4 Å². The predicted octanol–water partition coefficient (Wildman–Crippen LogP) is 2.81. The molecule has 136 valence electrons. The molecule has 3 rings (SSSR count). The Kier molecular flexibility index (Phi) is 4.84. The van der Waals surface area contributed by atoms with Crippen molar-refractivity contribution in [1.29, 1.82) is 0 Å². The zero-order chi connectivity index (χ0) is 18.9. The van der Waals surface area contributed by atoms with E-state index in [-0.39, 0.29) is 10.8 Å². The van der Waals surface area contributed by atoms with Crippen LogP contribution >= 0.6 is 11.3 Å². The Balaban J connectivity index is 1.91. The van der Waals surface area contributed by atoms with Gasteiger partial charge < -0.3 is 9.64 Å². The lowest BCUT2D eigenvalue weighted by Crippen LogP contribution is -2.22. The van der Waals surface area contributed by atoms with Gasteiger partial charge >= 0.3 is 0 Å². The summed E-state index contributed by atoms with van der Waals surface area (Å²) in [6, 6.07) is 11.0. The largest absolute Gasteiger partial charge is 0.473 e. The molecule has 0 fully saturated rings. The van der Waals surface area contributed by atoms with Crippen molar-refractivity contribution >= 4 is 43.2 Å². The SMILES string of the molecule is COc1nc2ccc(NS(=O)(=O)c3cccc(C(=O)N(C)C)c3)cc2s1. The second-order valence-corrected chi connectivity index (χ2v) is 8.37. The first-order valence-electron chi connectivity index (χ1n) is 7.59. The Morgan fingerprint density at radius 3 is 2.65 bits per heavy atom. The van der Waals surface area contributed by atoms with E-state index < -0.39 is 10.0 Å². The average Bonchev–Trinajstić information content (AvgIpc) is 3.03. The summed E-state index contributed by atoms with van der Waals surface area (Å²) in [6.45, 7) is 0. The number of carbonyl (C=O) groups is 1. The third kappa shape index (κ3) is 3.63. The van der Waals surface area contributed by atoms with Crippen LogP contribution in [0.1, 0.15) is 10.4 Å². The van der Waals surface area contributed by atoms with Gasteiger partial charge in [-0.2, -0.15) is 0 Å². The third-order valence-electron chi connectivity index (χ3n) is 3.59. The molecule has 0 spiro atoms. The number of methoxy groups -OCH3 is 1. The molecule has 9 heteroatoms. The number of hydrogen-bond acceptors (Lipinski definition) is 6. The van der Waals surface area contributed by atoms with Crippen LogP contribution in [0, 0.1) is 0 Å². The fourth-order valence-electron chi connectivity index (χ4n) is 2.32. The molecule has 0 unspecified atom stereocenters. The van der Waals surface area contributed by atoms with Crippen molar-refractivity contribution in [2.45, 2.75) is 4.90 Å². The van der Waals surface area contributed by atoms with Gasteiger partial charge in [-0.3, -0.25) is 9.52 Å². The first kappa shape index (κ1) is 18.2. The minimum atomic E-state index is -3.83. The van der Waals surface area contributed by atoms with Crippen molar-refractivity contribution in [1.82, 2.24) is 9.88 Å². The van der Waals surface area contributed by atoms with Gasteiger partial charge in [0.15, 0.2) is 0 Å². The summed E-state index contributed by atoms with van der Waals surface area (Å²) in [5.41, 5.74) is 1.45. The summed E-state index contributed by atoms with van der Waals surface area (Å²) in [4.78, 5) is 17.7. The summed E-state index contributed by atoms with van der Waals surface area (Å²) in [7, 11) is 0.924. The van der Waals surface area contributed by atoms with Crippen molar-refractivity contribution in [3.05, 3.63) is 48.0 Å². The zero-order valence-electron chi connectivity index (χ0n) is 14.4. The highest BCUT2D eigenvalue weighted by atomic mass is 32.2. The molecule has 0 radical (unpaired) electrons. The van der Waals surface area contributed by atoms with E-state index in [0.29, 0.717) is 16.4 Å². The predicted molar refractivity (Wildman–Crippen MR) is 101 cm³/mol. The highest BCUT2D eigenvalue weighted by Crippen LogP contribution is 2.30. The van der Waals surface area contributed by atoms with E-state index in [1.165, 1.54) is 35.5 Å². The third-order valence-corrected chi connectivity index (χ3v) is 5.95. The number of nitrogens with zero attached hydrogens (tertiary/aromatic N) is 2. The number of fused-ring (bicyclic) bond motifs is 1. The molecule has 1 N–H and O–H groups in total. The summed E-state index contributed by atoms with van der Waals surface area (Å²) in [5, 5.41) is 0.509. The fraction of sp³-hybridized carbons (Fsp3) is 0.176. The van der Waals surface area contributed by atoms with Crippen LogP contribution in [0.2, 0.25) is 0 Å². The first-order valence-corrected chi connectivity index (χ1v) is 9.89. The molecule has 0 aliphatic rings. The van der Waals surface area contributed by atoms with E-state index in [0.717, 1.165) is 10.2 Å². The molecule has 0 saturated carbocycles. The number of ether oxygens (including phenoxy) is 1. The Bertz CT molecular complexity index is 1070. The van der Waals surface area contributed by atoms with Crippen LogP contribution in [0.5, 0.6) is 5.19 Å². The summed E-state index contributed by atoms with van der Waals surface area (Å²) in [6.07, 6.45) is 0. The zero-order valence-corrected chi connectivity index (χ0v) is 16.0. The van der Waals surface area contributed by atoms with Gasteiger partial charge in [-0.15, -0.1) is 0 Å². The quantitative estimate of drug-likeness (QED) is 0.722. The summed E-state index contributed by atoms with van der Waals surface area (Å²) in [5.74, 6) is -0.264. The van der Waals surface area contributed by atoms with Crippen LogP contribution in [0.25, 0.3) is 10.2 Å². The van der Waals surface area contributed by atoms with Crippen molar-refractivity contribution in [2.75, 3.05) is 25.9 Å². The number of benzene rings is 2. The van der Waals surface area contributed by atoms with E-state index in [1.54, 1.807) is 44.4 Å². The number of sulfonamides is 1. The van der Waals surface area contributed by atoms with Gasteiger partial charge in [-0.25, -0.2) is 13.4 Å². The number of hydrogen-bond donors (Lipinski definition) is 1. The van der Waals surface area contributed by atoms with Crippen LogP contribution in [-0.4, -0.2) is 45.4 Å². The molecular weight excluding hydrogens is 374 g/mol. The van der Waals surface area contributed by atoms with Gasteiger partial charge in [0.25, 0.3) is 21.1 Å². The van der Waals surface area contributed by atoms with E-state index in [1.807, 2.05) is 0 Å². The second kappa shape index (κ2) is 6.93. The number of rotatable bonds is 5. The smallest absolute Gasteiger partial charge is 0.274 e. The molecule has 7 nitrogen and oxygen atoms in total. The van der Waals surface area contributed by atoms with Crippen LogP contribution in [-0.2, 0) is 10.0 Å². The van der Waals surface area contributed by atoms with Crippen LogP contribution in [0.4, 0.5) is 5.69 Å². The molecule has 1 heterocycles. The van der Waals surface area contributed by atoms with Crippen LogP contribution in [0.15, 0.2) is 47.4 Å². The Morgan fingerprint density at radius 2 is 1.96 bits per heavy atom. The topological polar surface area (TPSA) is 88.6 Å². The number of amides is 1. The second-order valence-electron chi connectivity index (χ2n) is 5.70. The normalized spacial score (nSPS) is 11.3. The van der Waals surface area contributed by atoms with Gasteiger partial charge in [0.2, 0.25) is 0 Å². The lowest BCUT2D eigenvalue weighted by atomic mass is 10.2. The van der Waals surface area contributed by atoms with E-state index in [9.17, 15) is 13.2 Å². The molecule has 26 heavy (non-hydrogen) atoms. The lowest BCUT2D eigenvalue weighted by Gasteiger charge is -2.12. The fourth-order valence-corrected chi connectivity index (χ4v) is 4.24. The molecule has 3 aromatic rings. The molecular formula is C17H17N3O4S2. The summed E-state index contributed by atoms with van der Waals surface area (Å²) >= 11 is 1.32. The van der Waals surface area contributed by atoms with E-state index >= 15 is 0 Å². The number of aromatic nitrogens is 1. The Hall–Kier alpha value is -2.65. The molecule has 0 bridgehead atoms. The summed E-state index contributed by atoms with van der Waals surface area (Å²) < 4.78 is 33.8.